The second-order valence-electron chi connectivity index (χ2n) is 3.36. The number of aldehydes is 1. The van der Waals surface area contributed by atoms with E-state index in [0.29, 0.717) is 23.4 Å². The summed E-state index contributed by atoms with van der Waals surface area (Å²) < 4.78 is 14.3. The maximum absolute atomic E-state index is 10.9. The van der Waals surface area contributed by atoms with Crippen LogP contribution in [0.25, 0.3) is 11.8 Å². The first kappa shape index (κ1) is 11.2. The van der Waals surface area contributed by atoms with Crippen molar-refractivity contribution >= 4 is 24.3 Å². The Morgan fingerprint density at radius 3 is 2.65 bits per heavy atom. The van der Waals surface area contributed by atoms with Crippen molar-refractivity contribution in [1.29, 1.82) is 0 Å². The van der Waals surface area contributed by atoms with E-state index in [0.717, 1.165) is 11.1 Å². The molecule has 1 aliphatic rings. The molecular formula is C12H10O5. The van der Waals surface area contributed by atoms with Gasteiger partial charge in [-0.15, -0.1) is 0 Å². The molecule has 0 radical (unpaired) electrons. The van der Waals surface area contributed by atoms with Gasteiger partial charge in [0.25, 0.3) is 0 Å². The average molecular weight is 234 g/mol. The molecule has 0 saturated carbocycles. The third-order valence-electron chi connectivity index (χ3n) is 2.44. The minimum Gasteiger partial charge on any atom is -0.496 e. The predicted octanol–water partition coefficient (Wildman–Crippen LogP) is 2.10. The third kappa shape index (κ3) is 1.87. The van der Waals surface area contributed by atoms with Crippen molar-refractivity contribution in [2.45, 2.75) is 0 Å². The predicted molar refractivity (Wildman–Crippen MR) is 59.7 cm³/mol. The van der Waals surface area contributed by atoms with Crippen LogP contribution in [0.5, 0.6) is 5.75 Å². The van der Waals surface area contributed by atoms with Crippen LogP contribution >= 0.6 is 0 Å². The SMILES string of the molecule is COC(=O)OC1=Cc2cc(C=O)c(OC)cc21. The van der Waals surface area contributed by atoms with Crippen molar-refractivity contribution in [3.8, 4) is 5.75 Å². The average Bonchev–Trinajstić information content (AvgIpc) is 2.34. The molecule has 0 aromatic heterocycles. The van der Waals surface area contributed by atoms with Crippen molar-refractivity contribution in [3.63, 3.8) is 0 Å². The molecule has 5 nitrogen and oxygen atoms in total. The van der Waals surface area contributed by atoms with E-state index in [2.05, 4.69) is 4.74 Å². The number of carbonyl (C=O) groups is 2. The summed E-state index contributed by atoms with van der Waals surface area (Å²) in [6.07, 6.45) is 1.59. The van der Waals surface area contributed by atoms with E-state index in [9.17, 15) is 9.59 Å². The molecule has 0 N–H and O–H groups in total. The lowest BCUT2D eigenvalue weighted by Gasteiger charge is -2.20. The molecule has 0 spiro atoms. The fraction of sp³-hybridized carbons (Fsp3) is 0.167. The molecule has 0 aliphatic heterocycles. The van der Waals surface area contributed by atoms with Crippen LogP contribution in [0.3, 0.4) is 0 Å². The van der Waals surface area contributed by atoms with Crippen molar-refractivity contribution in [2.24, 2.45) is 0 Å². The zero-order valence-corrected chi connectivity index (χ0v) is 9.35. The maximum atomic E-state index is 10.9. The molecule has 1 aliphatic carbocycles. The summed E-state index contributed by atoms with van der Waals surface area (Å²) in [6, 6.07) is 3.32. The molecule has 5 heteroatoms. The molecule has 1 aromatic rings. The van der Waals surface area contributed by atoms with Gasteiger partial charge < -0.3 is 14.2 Å². The molecule has 1 aromatic carbocycles. The Kier molecular flexibility index (Phi) is 2.82. The fourth-order valence-corrected chi connectivity index (χ4v) is 1.57. The highest BCUT2D eigenvalue weighted by molar-refractivity contribution is 5.98. The number of fused-ring (bicyclic) bond motifs is 1. The third-order valence-corrected chi connectivity index (χ3v) is 2.44. The van der Waals surface area contributed by atoms with E-state index >= 15 is 0 Å². The van der Waals surface area contributed by atoms with Crippen LogP contribution in [0.1, 0.15) is 21.5 Å². The molecule has 0 atom stereocenters. The lowest BCUT2D eigenvalue weighted by Crippen LogP contribution is -2.10. The molecule has 17 heavy (non-hydrogen) atoms. The molecule has 2 rings (SSSR count). The smallest absolute Gasteiger partial charge is 0.496 e. The number of rotatable bonds is 3. The van der Waals surface area contributed by atoms with Gasteiger partial charge in [0.1, 0.15) is 11.5 Å². The van der Waals surface area contributed by atoms with E-state index in [1.807, 2.05) is 0 Å². The second-order valence-corrected chi connectivity index (χ2v) is 3.36. The molecule has 0 saturated heterocycles. The van der Waals surface area contributed by atoms with Gasteiger partial charge in [-0.25, -0.2) is 4.79 Å². The highest BCUT2D eigenvalue weighted by atomic mass is 16.7. The topological polar surface area (TPSA) is 61.8 Å². The van der Waals surface area contributed by atoms with Crippen LogP contribution in [0.2, 0.25) is 0 Å². The molecule has 0 amide bonds. The van der Waals surface area contributed by atoms with Crippen LogP contribution < -0.4 is 4.74 Å². The number of hydrogen-bond donors (Lipinski definition) is 0. The van der Waals surface area contributed by atoms with E-state index in [1.165, 1.54) is 14.2 Å². The Morgan fingerprint density at radius 2 is 2.06 bits per heavy atom. The van der Waals surface area contributed by atoms with Crippen LogP contribution in [-0.2, 0) is 9.47 Å². The first-order valence-corrected chi connectivity index (χ1v) is 4.84. The van der Waals surface area contributed by atoms with Crippen molar-refractivity contribution in [3.05, 3.63) is 28.8 Å². The van der Waals surface area contributed by atoms with E-state index in [1.54, 1.807) is 18.2 Å². The first-order valence-electron chi connectivity index (χ1n) is 4.84. The summed E-state index contributed by atoms with van der Waals surface area (Å²) in [6.45, 7) is 0. The number of carbonyl (C=O) groups excluding carboxylic acids is 2. The summed E-state index contributed by atoms with van der Waals surface area (Å²) in [4.78, 5) is 21.7. The van der Waals surface area contributed by atoms with Gasteiger partial charge in [-0.1, -0.05) is 0 Å². The second kappa shape index (κ2) is 4.29. The Bertz CT molecular complexity index is 516. The number of methoxy groups -OCH3 is 2. The molecule has 88 valence electrons. The molecule has 0 fully saturated rings. The van der Waals surface area contributed by atoms with Crippen LogP contribution in [-0.4, -0.2) is 26.7 Å². The minimum atomic E-state index is -0.777. The first-order chi connectivity index (χ1) is 8.19. The van der Waals surface area contributed by atoms with E-state index in [-0.39, 0.29) is 0 Å². The summed E-state index contributed by atoms with van der Waals surface area (Å²) in [7, 11) is 2.70. The van der Waals surface area contributed by atoms with Gasteiger partial charge in [0.15, 0.2) is 6.29 Å². The largest absolute Gasteiger partial charge is 0.513 e. The number of benzene rings is 1. The Hall–Kier alpha value is -2.30. The van der Waals surface area contributed by atoms with Gasteiger partial charge in [0, 0.05) is 5.56 Å². The zero-order valence-electron chi connectivity index (χ0n) is 9.35. The molecule has 0 bridgehead atoms. The Balaban J connectivity index is 2.28. The molecular weight excluding hydrogens is 224 g/mol. The zero-order chi connectivity index (χ0) is 12.4. The number of hydrogen-bond acceptors (Lipinski definition) is 5. The monoisotopic (exact) mass is 234 g/mol. The minimum absolute atomic E-state index is 0.405. The van der Waals surface area contributed by atoms with Crippen LogP contribution in [0, 0.1) is 0 Å². The van der Waals surface area contributed by atoms with Crippen LogP contribution in [0.4, 0.5) is 4.79 Å². The van der Waals surface area contributed by atoms with Gasteiger partial charge in [-0.3, -0.25) is 4.79 Å². The van der Waals surface area contributed by atoms with Crippen molar-refractivity contribution in [1.82, 2.24) is 0 Å². The maximum Gasteiger partial charge on any atom is 0.513 e. The lowest BCUT2D eigenvalue weighted by molar-refractivity contribution is 0.110. The highest BCUT2D eigenvalue weighted by Crippen LogP contribution is 2.37. The Labute approximate surface area is 97.6 Å². The normalized spacial score (nSPS) is 11.8. The number of ether oxygens (including phenoxy) is 3. The Morgan fingerprint density at radius 1 is 1.29 bits per heavy atom. The highest BCUT2D eigenvalue weighted by Gasteiger charge is 2.23. The summed E-state index contributed by atoms with van der Waals surface area (Å²) in [5.41, 5.74) is 2.00. The van der Waals surface area contributed by atoms with Gasteiger partial charge in [-0.05, 0) is 23.8 Å². The van der Waals surface area contributed by atoms with Gasteiger partial charge >= 0.3 is 6.16 Å². The van der Waals surface area contributed by atoms with Crippen LogP contribution in [0.15, 0.2) is 12.1 Å². The lowest BCUT2D eigenvalue weighted by atomic mass is 9.93. The van der Waals surface area contributed by atoms with E-state index < -0.39 is 6.16 Å². The molecule has 0 heterocycles. The molecule has 0 unspecified atom stereocenters. The summed E-state index contributed by atoms with van der Waals surface area (Å²) in [5.74, 6) is 0.848. The van der Waals surface area contributed by atoms with Crippen molar-refractivity contribution in [2.75, 3.05) is 14.2 Å². The quantitative estimate of drug-likeness (QED) is 0.592. The summed E-state index contributed by atoms with van der Waals surface area (Å²) in [5, 5.41) is 0. The van der Waals surface area contributed by atoms with Gasteiger partial charge in [0.05, 0.1) is 19.8 Å². The van der Waals surface area contributed by atoms with Crippen molar-refractivity contribution < 1.29 is 23.8 Å². The van der Waals surface area contributed by atoms with E-state index in [4.69, 9.17) is 9.47 Å². The fourth-order valence-electron chi connectivity index (χ4n) is 1.57. The van der Waals surface area contributed by atoms with Gasteiger partial charge in [0.2, 0.25) is 0 Å². The summed E-state index contributed by atoms with van der Waals surface area (Å²) >= 11 is 0. The standard InChI is InChI=1S/C12H10O5/c1-15-10-5-9-7(3-8(10)6-13)4-11(9)17-12(14)16-2/h3-6H,1-2H3. The van der Waals surface area contributed by atoms with Gasteiger partial charge in [-0.2, -0.15) is 0 Å².